The number of aromatic nitrogens is 3. The third-order valence-electron chi connectivity index (χ3n) is 4.63. The SMILES string of the molecule is Cc1cc(C)c2c(n1)C1CCN(c3cnn(C)c3)C(=O)N1C2. The average Bonchev–Trinajstić information content (AvgIpc) is 3.04. The Labute approximate surface area is 129 Å². The molecule has 0 saturated carbocycles. The smallest absolute Gasteiger partial charge is 0.311 e. The first-order chi connectivity index (χ1) is 10.5. The van der Waals surface area contributed by atoms with Crippen LogP contribution in [0.25, 0.3) is 0 Å². The van der Waals surface area contributed by atoms with Gasteiger partial charge < -0.3 is 4.90 Å². The maximum Gasteiger partial charge on any atom is 0.325 e. The molecule has 0 spiro atoms. The summed E-state index contributed by atoms with van der Waals surface area (Å²) in [5, 5.41) is 4.17. The van der Waals surface area contributed by atoms with E-state index in [4.69, 9.17) is 4.98 Å². The molecule has 4 heterocycles. The molecule has 1 saturated heterocycles. The first kappa shape index (κ1) is 13.3. The molecule has 2 aliphatic heterocycles. The Balaban J connectivity index is 1.68. The third kappa shape index (κ3) is 1.83. The largest absolute Gasteiger partial charge is 0.325 e. The van der Waals surface area contributed by atoms with Crippen molar-refractivity contribution < 1.29 is 4.79 Å². The van der Waals surface area contributed by atoms with Crippen LogP contribution < -0.4 is 4.90 Å². The molecule has 22 heavy (non-hydrogen) atoms. The minimum absolute atomic E-state index is 0.0549. The zero-order valence-electron chi connectivity index (χ0n) is 13.1. The van der Waals surface area contributed by atoms with Gasteiger partial charge in [0.25, 0.3) is 0 Å². The number of fused-ring (bicyclic) bond motifs is 3. The molecule has 6 nitrogen and oxygen atoms in total. The quantitative estimate of drug-likeness (QED) is 0.811. The van der Waals surface area contributed by atoms with Crippen LogP contribution in [0.15, 0.2) is 18.5 Å². The first-order valence-electron chi connectivity index (χ1n) is 7.58. The summed E-state index contributed by atoms with van der Waals surface area (Å²) in [7, 11) is 1.86. The highest BCUT2D eigenvalue weighted by atomic mass is 16.2. The van der Waals surface area contributed by atoms with Gasteiger partial charge in [0.15, 0.2) is 0 Å². The summed E-state index contributed by atoms with van der Waals surface area (Å²) < 4.78 is 1.72. The van der Waals surface area contributed by atoms with Crippen LogP contribution in [-0.4, -0.2) is 32.2 Å². The molecular weight excluding hydrogens is 278 g/mol. The van der Waals surface area contributed by atoms with E-state index in [9.17, 15) is 4.79 Å². The van der Waals surface area contributed by atoms with E-state index in [1.165, 1.54) is 11.1 Å². The Bertz CT molecular complexity index is 766. The summed E-state index contributed by atoms with van der Waals surface area (Å²) >= 11 is 0. The molecule has 1 fully saturated rings. The lowest BCUT2D eigenvalue weighted by Gasteiger charge is -2.36. The van der Waals surface area contributed by atoms with Gasteiger partial charge in [0, 0.05) is 25.5 Å². The molecular formula is C16H19N5O. The number of carbonyl (C=O) groups is 1. The molecule has 2 aliphatic rings. The Morgan fingerprint density at radius 3 is 2.86 bits per heavy atom. The maximum absolute atomic E-state index is 12.9. The molecule has 0 bridgehead atoms. The fourth-order valence-corrected chi connectivity index (χ4v) is 3.58. The highest BCUT2D eigenvalue weighted by Crippen LogP contribution is 2.40. The zero-order chi connectivity index (χ0) is 15.4. The van der Waals surface area contributed by atoms with Crippen LogP contribution in [0.4, 0.5) is 10.5 Å². The molecule has 4 rings (SSSR count). The van der Waals surface area contributed by atoms with Crippen LogP contribution in [0.1, 0.15) is 35.0 Å². The zero-order valence-corrected chi connectivity index (χ0v) is 13.1. The van der Waals surface area contributed by atoms with Crippen molar-refractivity contribution in [2.24, 2.45) is 7.05 Å². The second kappa shape index (κ2) is 4.56. The average molecular weight is 297 g/mol. The maximum atomic E-state index is 12.9. The normalized spacial score (nSPS) is 20.3. The number of urea groups is 1. The van der Waals surface area contributed by atoms with Crippen LogP contribution in [0.5, 0.6) is 0 Å². The fourth-order valence-electron chi connectivity index (χ4n) is 3.58. The lowest BCUT2D eigenvalue weighted by molar-refractivity contribution is 0.171. The van der Waals surface area contributed by atoms with E-state index < -0.39 is 0 Å². The molecule has 2 amide bonds. The lowest BCUT2D eigenvalue weighted by atomic mass is 10.0. The van der Waals surface area contributed by atoms with Gasteiger partial charge in [0.1, 0.15) is 0 Å². The summed E-state index contributed by atoms with van der Waals surface area (Å²) in [5.74, 6) is 0. The molecule has 6 heteroatoms. The number of aryl methyl sites for hydroxylation is 3. The molecule has 1 atom stereocenters. The van der Waals surface area contributed by atoms with Crippen molar-refractivity contribution in [3.8, 4) is 0 Å². The summed E-state index contributed by atoms with van der Waals surface area (Å²) in [6.07, 6.45) is 4.54. The Hall–Kier alpha value is -2.37. The molecule has 0 aromatic carbocycles. The van der Waals surface area contributed by atoms with Gasteiger partial charge in [-0.2, -0.15) is 5.10 Å². The van der Waals surface area contributed by atoms with Gasteiger partial charge in [-0.15, -0.1) is 0 Å². The van der Waals surface area contributed by atoms with Crippen molar-refractivity contribution >= 4 is 11.7 Å². The van der Waals surface area contributed by atoms with E-state index in [2.05, 4.69) is 18.1 Å². The molecule has 114 valence electrons. The number of nitrogens with zero attached hydrogens (tertiary/aromatic N) is 5. The number of amides is 2. The van der Waals surface area contributed by atoms with Crippen LogP contribution in [0.2, 0.25) is 0 Å². The van der Waals surface area contributed by atoms with Crippen molar-refractivity contribution in [3.05, 3.63) is 41.0 Å². The highest BCUT2D eigenvalue weighted by molar-refractivity contribution is 5.93. The van der Waals surface area contributed by atoms with E-state index in [1.807, 2.05) is 30.0 Å². The predicted octanol–water partition coefficient (Wildman–Crippen LogP) is 2.32. The Kier molecular flexibility index (Phi) is 2.76. The van der Waals surface area contributed by atoms with E-state index in [0.717, 1.165) is 23.5 Å². The van der Waals surface area contributed by atoms with E-state index >= 15 is 0 Å². The first-order valence-corrected chi connectivity index (χ1v) is 7.58. The van der Waals surface area contributed by atoms with Crippen LogP contribution in [-0.2, 0) is 13.6 Å². The third-order valence-corrected chi connectivity index (χ3v) is 4.63. The van der Waals surface area contributed by atoms with Gasteiger partial charge in [0.05, 0.1) is 30.2 Å². The Morgan fingerprint density at radius 2 is 2.14 bits per heavy atom. The van der Waals surface area contributed by atoms with E-state index in [-0.39, 0.29) is 12.1 Å². The number of pyridine rings is 1. The fraction of sp³-hybridized carbons (Fsp3) is 0.438. The Morgan fingerprint density at radius 1 is 1.32 bits per heavy atom. The van der Waals surface area contributed by atoms with Crippen molar-refractivity contribution in [2.45, 2.75) is 32.9 Å². The monoisotopic (exact) mass is 297 g/mol. The van der Waals surface area contributed by atoms with Crippen molar-refractivity contribution in [3.63, 3.8) is 0 Å². The van der Waals surface area contributed by atoms with Crippen LogP contribution >= 0.6 is 0 Å². The summed E-state index contributed by atoms with van der Waals surface area (Å²) in [6, 6.07) is 2.27. The summed E-state index contributed by atoms with van der Waals surface area (Å²) in [4.78, 5) is 21.3. The molecule has 2 aromatic heterocycles. The van der Waals surface area contributed by atoms with Gasteiger partial charge >= 0.3 is 6.03 Å². The molecule has 0 radical (unpaired) electrons. The van der Waals surface area contributed by atoms with Gasteiger partial charge in [-0.05, 0) is 37.5 Å². The molecule has 1 unspecified atom stereocenters. The number of hydrogen-bond acceptors (Lipinski definition) is 3. The number of hydrogen-bond donors (Lipinski definition) is 0. The highest BCUT2D eigenvalue weighted by Gasteiger charge is 2.42. The van der Waals surface area contributed by atoms with Crippen LogP contribution in [0.3, 0.4) is 0 Å². The molecule has 2 aromatic rings. The van der Waals surface area contributed by atoms with Gasteiger partial charge in [0.2, 0.25) is 0 Å². The minimum atomic E-state index is 0.0549. The second-order valence-corrected chi connectivity index (χ2v) is 6.18. The van der Waals surface area contributed by atoms with Gasteiger partial charge in [-0.3, -0.25) is 14.6 Å². The standard InChI is InChI=1S/C16H19N5O/c1-10-6-11(2)18-15-13(10)9-21-14(15)4-5-20(16(21)22)12-7-17-19(3)8-12/h6-8,14H,4-5,9H2,1-3H3. The van der Waals surface area contributed by atoms with Crippen molar-refractivity contribution in [2.75, 3.05) is 11.4 Å². The topological polar surface area (TPSA) is 54.3 Å². The predicted molar refractivity (Wildman–Crippen MR) is 82.6 cm³/mol. The summed E-state index contributed by atoms with van der Waals surface area (Å²) in [5.41, 5.74) is 5.44. The molecule has 0 N–H and O–H groups in total. The summed E-state index contributed by atoms with van der Waals surface area (Å²) in [6.45, 7) is 5.49. The number of anilines is 1. The molecule has 0 aliphatic carbocycles. The lowest BCUT2D eigenvalue weighted by Crippen LogP contribution is -2.48. The number of carbonyl (C=O) groups excluding carboxylic acids is 1. The number of rotatable bonds is 1. The van der Waals surface area contributed by atoms with Gasteiger partial charge in [-0.1, -0.05) is 0 Å². The second-order valence-electron chi connectivity index (χ2n) is 6.18. The van der Waals surface area contributed by atoms with E-state index in [1.54, 1.807) is 10.9 Å². The van der Waals surface area contributed by atoms with E-state index in [0.29, 0.717) is 13.1 Å². The van der Waals surface area contributed by atoms with Crippen molar-refractivity contribution in [1.29, 1.82) is 0 Å². The van der Waals surface area contributed by atoms with Gasteiger partial charge in [-0.25, -0.2) is 4.79 Å². The van der Waals surface area contributed by atoms with Crippen LogP contribution in [0, 0.1) is 13.8 Å². The minimum Gasteiger partial charge on any atom is -0.311 e. The van der Waals surface area contributed by atoms with Crippen molar-refractivity contribution in [1.82, 2.24) is 19.7 Å².